The van der Waals surface area contributed by atoms with Crippen molar-refractivity contribution in [3.8, 4) is 0 Å². The van der Waals surface area contributed by atoms with Crippen molar-refractivity contribution < 1.29 is 13.3 Å². The van der Waals surface area contributed by atoms with Crippen molar-refractivity contribution in [1.82, 2.24) is 0 Å². The first-order valence-electron chi connectivity index (χ1n) is 18.8. The van der Waals surface area contributed by atoms with Gasteiger partial charge in [-0.2, -0.15) is 0 Å². The lowest BCUT2D eigenvalue weighted by molar-refractivity contribution is 0.0608. The fourth-order valence-corrected chi connectivity index (χ4v) is 8.74. The summed E-state index contributed by atoms with van der Waals surface area (Å²) in [7, 11) is -2.86. The van der Waals surface area contributed by atoms with E-state index in [0.717, 1.165) is 31.7 Å². The predicted octanol–water partition coefficient (Wildman–Crippen LogP) is 12.0. The van der Waals surface area contributed by atoms with Crippen molar-refractivity contribution in [2.75, 3.05) is 19.8 Å². The summed E-state index contributed by atoms with van der Waals surface area (Å²) in [5.74, 6) is 0. The number of hydrogen-bond acceptors (Lipinski definition) is 3. The molecule has 3 rings (SSSR count). The molecule has 0 heterocycles. The Labute approximate surface area is 283 Å². The normalized spacial score (nSPS) is 11.7. The summed E-state index contributed by atoms with van der Waals surface area (Å²) in [6, 6.07) is 32.8. The summed E-state index contributed by atoms with van der Waals surface area (Å²) in [5, 5.41) is 0. The standard InChI is InChI=1S/C42H64O3Si/c1-2-3-4-5-6-7-8-9-10-11-12-13-14-15-16-26-39-46(43-36-33-40-27-20-17-21-28-40,44-37-34-41-29-22-18-23-30-41)45-38-35-42-31-24-19-25-32-42/h17-25,27-32H,2-16,26,33-39H2,1H3. The van der Waals surface area contributed by atoms with E-state index in [4.69, 9.17) is 13.3 Å². The topological polar surface area (TPSA) is 27.7 Å². The van der Waals surface area contributed by atoms with Gasteiger partial charge in [0, 0.05) is 25.9 Å². The van der Waals surface area contributed by atoms with E-state index in [0.29, 0.717) is 19.8 Å². The maximum atomic E-state index is 6.73. The van der Waals surface area contributed by atoms with Crippen LogP contribution in [0.4, 0.5) is 0 Å². The van der Waals surface area contributed by atoms with Crippen molar-refractivity contribution >= 4 is 8.80 Å². The molecule has 254 valence electrons. The summed E-state index contributed by atoms with van der Waals surface area (Å²) in [5.41, 5.74) is 3.88. The maximum absolute atomic E-state index is 6.73. The molecular weight excluding hydrogens is 581 g/mol. The molecule has 46 heavy (non-hydrogen) atoms. The molecule has 0 radical (unpaired) electrons. The molecule has 0 aliphatic rings. The van der Waals surface area contributed by atoms with Gasteiger partial charge in [-0.1, -0.05) is 194 Å². The molecule has 0 spiro atoms. The average Bonchev–Trinajstić information content (AvgIpc) is 3.09. The molecule has 0 unspecified atom stereocenters. The van der Waals surface area contributed by atoms with E-state index in [-0.39, 0.29) is 0 Å². The van der Waals surface area contributed by atoms with Crippen LogP contribution in [0.2, 0.25) is 6.04 Å². The van der Waals surface area contributed by atoms with Crippen LogP contribution in [-0.4, -0.2) is 28.6 Å². The lowest BCUT2D eigenvalue weighted by atomic mass is 10.0. The summed E-state index contributed by atoms with van der Waals surface area (Å²) in [6.07, 6.45) is 24.6. The van der Waals surface area contributed by atoms with Crippen LogP contribution in [0, 0.1) is 0 Å². The molecule has 0 bridgehead atoms. The highest BCUT2D eigenvalue weighted by molar-refractivity contribution is 6.60. The molecule has 0 fully saturated rings. The van der Waals surface area contributed by atoms with Crippen LogP contribution in [0.3, 0.4) is 0 Å². The fourth-order valence-electron chi connectivity index (χ4n) is 6.14. The monoisotopic (exact) mass is 644 g/mol. The van der Waals surface area contributed by atoms with Gasteiger partial charge >= 0.3 is 8.80 Å². The van der Waals surface area contributed by atoms with Gasteiger partial charge in [-0.05, 0) is 42.4 Å². The van der Waals surface area contributed by atoms with E-state index >= 15 is 0 Å². The van der Waals surface area contributed by atoms with Gasteiger partial charge < -0.3 is 13.3 Å². The number of hydrogen-bond donors (Lipinski definition) is 0. The van der Waals surface area contributed by atoms with Crippen molar-refractivity contribution in [3.05, 3.63) is 108 Å². The van der Waals surface area contributed by atoms with Gasteiger partial charge in [-0.15, -0.1) is 0 Å². The van der Waals surface area contributed by atoms with Crippen LogP contribution in [0.5, 0.6) is 0 Å². The third-order valence-electron chi connectivity index (χ3n) is 9.00. The molecule has 0 aliphatic heterocycles. The molecule has 0 N–H and O–H groups in total. The maximum Gasteiger partial charge on any atom is 0.500 e. The first-order valence-corrected chi connectivity index (χ1v) is 20.8. The molecule has 0 amide bonds. The zero-order valence-electron chi connectivity index (χ0n) is 29.1. The number of benzene rings is 3. The van der Waals surface area contributed by atoms with E-state index in [9.17, 15) is 0 Å². The first-order chi connectivity index (χ1) is 22.8. The minimum Gasteiger partial charge on any atom is -0.373 e. The quantitative estimate of drug-likeness (QED) is 0.0556. The molecule has 0 saturated heterocycles. The van der Waals surface area contributed by atoms with Crippen LogP contribution >= 0.6 is 0 Å². The SMILES string of the molecule is CCCCCCCCCCCCCCCCCC[Si](OCCc1ccccc1)(OCCc1ccccc1)OCCc1ccccc1. The third-order valence-corrected chi connectivity index (χ3v) is 11.9. The van der Waals surface area contributed by atoms with Gasteiger partial charge in [0.1, 0.15) is 0 Å². The highest BCUT2D eigenvalue weighted by Gasteiger charge is 2.40. The molecule has 3 nitrogen and oxygen atoms in total. The van der Waals surface area contributed by atoms with E-state index < -0.39 is 8.80 Å². The van der Waals surface area contributed by atoms with Gasteiger partial charge in [0.2, 0.25) is 0 Å². The van der Waals surface area contributed by atoms with Gasteiger partial charge in [-0.25, -0.2) is 0 Å². The minimum atomic E-state index is -2.86. The smallest absolute Gasteiger partial charge is 0.373 e. The molecular formula is C42H64O3Si. The average molecular weight is 645 g/mol. The Morgan fingerprint density at radius 1 is 0.370 bits per heavy atom. The third kappa shape index (κ3) is 18.2. The van der Waals surface area contributed by atoms with E-state index in [1.807, 2.05) is 0 Å². The Hall–Kier alpha value is -2.24. The second kappa shape index (κ2) is 25.8. The molecule has 0 saturated carbocycles. The number of unbranched alkanes of at least 4 members (excludes halogenated alkanes) is 15. The second-order valence-electron chi connectivity index (χ2n) is 13.0. The summed E-state index contributed by atoms with van der Waals surface area (Å²) in [6.45, 7) is 4.19. The Bertz CT molecular complexity index is 965. The Balaban J connectivity index is 1.42. The van der Waals surface area contributed by atoms with Crippen LogP contribution in [-0.2, 0) is 32.5 Å². The van der Waals surface area contributed by atoms with E-state index in [2.05, 4.69) is 97.9 Å². The van der Waals surface area contributed by atoms with Crippen molar-refractivity contribution in [2.45, 2.75) is 135 Å². The summed E-state index contributed by atoms with van der Waals surface area (Å²) < 4.78 is 20.2. The lowest BCUT2D eigenvalue weighted by Crippen LogP contribution is -2.47. The highest BCUT2D eigenvalue weighted by atomic mass is 28.4. The summed E-state index contributed by atoms with van der Waals surface area (Å²) in [4.78, 5) is 0. The van der Waals surface area contributed by atoms with Crippen LogP contribution in [0.1, 0.15) is 126 Å². The lowest BCUT2D eigenvalue weighted by Gasteiger charge is -2.30. The van der Waals surface area contributed by atoms with Crippen LogP contribution in [0.25, 0.3) is 0 Å². The fraction of sp³-hybridized carbons (Fsp3) is 0.571. The predicted molar refractivity (Wildman–Crippen MR) is 198 cm³/mol. The Kier molecular flexibility index (Phi) is 21.4. The van der Waals surface area contributed by atoms with Crippen molar-refractivity contribution in [1.29, 1.82) is 0 Å². The van der Waals surface area contributed by atoms with Gasteiger partial charge in [0.15, 0.2) is 0 Å². The molecule has 0 atom stereocenters. The van der Waals surface area contributed by atoms with E-state index in [1.54, 1.807) is 0 Å². The van der Waals surface area contributed by atoms with Gasteiger partial charge in [-0.3, -0.25) is 0 Å². The van der Waals surface area contributed by atoms with Gasteiger partial charge in [0.25, 0.3) is 0 Å². The van der Waals surface area contributed by atoms with Crippen LogP contribution in [0.15, 0.2) is 91.0 Å². The molecule has 3 aromatic rings. The van der Waals surface area contributed by atoms with Crippen molar-refractivity contribution in [3.63, 3.8) is 0 Å². The van der Waals surface area contributed by atoms with Crippen molar-refractivity contribution in [2.24, 2.45) is 0 Å². The minimum absolute atomic E-state index is 0.631. The second-order valence-corrected chi connectivity index (χ2v) is 15.7. The summed E-state index contributed by atoms with van der Waals surface area (Å²) >= 11 is 0. The van der Waals surface area contributed by atoms with Gasteiger partial charge in [0.05, 0.1) is 0 Å². The first kappa shape index (κ1) is 38.2. The molecule has 3 aromatic carbocycles. The largest absolute Gasteiger partial charge is 0.500 e. The molecule has 0 aromatic heterocycles. The Morgan fingerprint density at radius 3 is 0.957 bits per heavy atom. The number of rotatable bonds is 29. The molecule has 4 heteroatoms. The Morgan fingerprint density at radius 2 is 0.652 bits per heavy atom. The zero-order chi connectivity index (χ0) is 32.2. The van der Waals surface area contributed by atoms with Crippen LogP contribution < -0.4 is 0 Å². The highest BCUT2D eigenvalue weighted by Crippen LogP contribution is 2.23. The van der Waals surface area contributed by atoms with E-state index in [1.165, 1.54) is 113 Å². The molecule has 0 aliphatic carbocycles. The zero-order valence-corrected chi connectivity index (χ0v) is 30.1.